The molecule has 21 heavy (non-hydrogen) atoms. The number of carboxylic acid groups (broad SMARTS) is 1. The van der Waals surface area contributed by atoms with Crippen LogP contribution in [0.15, 0.2) is 0 Å². The molecule has 2 unspecified atom stereocenters. The van der Waals surface area contributed by atoms with E-state index in [-0.39, 0.29) is 12.7 Å². The molecular formula is C15H25NO5. The molecule has 0 saturated carbocycles. The number of amides is 1. The first kappa shape index (κ1) is 16.1. The Balaban J connectivity index is 2.17. The average molecular weight is 299 g/mol. The van der Waals surface area contributed by atoms with Gasteiger partial charge < -0.3 is 19.5 Å². The second-order valence-corrected chi connectivity index (χ2v) is 7.07. The van der Waals surface area contributed by atoms with Crippen LogP contribution in [0, 0.1) is 5.92 Å². The zero-order valence-corrected chi connectivity index (χ0v) is 13.1. The lowest BCUT2D eigenvalue weighted by atomic mass is 9.78. The highest BCUT2D eigenvalue weighted by atomic mass is 16.6. The number of hydrogen-bond donors (Lipinski definition) is 1. The lowest BCUT2D eigenvalue weighted by molar-refractivity contribution is -0.154. The second-order valence-electron chi connectivity index (χ2n) is 7.07. The summed E-state index contributed by atoms with van der Waals surface area (Å²) in [5, 5.41) is 9.25. The van der Waals surface area contributed by atoms with Crippen LogP contribution in [0.1, 0.15) is 46.5 Å². The number of carbonyl (C=O) groups is 2. The van der Waals surface area contributed by atoms with Crippen molar-refractivity contribution in [2.45, 2.75) is 57.6 Å². The van der Waals surface area contributed by atoms with Gasteiger partial charge in [0, 0.05) is 6.54 Å². The number of nitrogens with zero attached hydrogens (tertiary/aromatic N) is 1. The molecule has 2 heterocycles. The number of rotatable bonds is 1. The van der Waals surface area contributed by atoms with Gasteiger partial charge in [0.2, 0.25) is 0 Å². The first-order valence-electron chi connectivity index (χ1n) is 7.55. The summed E-state index contributed by atoms with van der Waals surface area (Å²) in [6.45, 7) is 6.72. The monoisotopic (exact) mass is 299 g/mol. The Morgan fingerprint density at radius 1 is 1.33 bits per heavy atom. The van der Waals surface area contributed by atoms with Gasteiger partial charge in [-0.05, 0) is 46.5 Å². The minimum Gasteiger partial charge on any atom is -0.481 e. The number of piperidine rings is 1. The summed E-state index contributed by atoms with van der Waals surface area (Å²) >= 11 is 0. The SMILES string of the molecule is CC(C)(C)OC(=O)N1CCCCC12COCC(C(=O)O)C2. The third-order valence-corrected chi connectivity index (χ3v) is 4.13. The van der Waals surface area contributed by atoms with Crippen molar-refractivity contribution in [1.29, 1.82) is 0 Å². The average Bonchev–Trinajstić information content (AvgIpc) is 2.37. The molecule has 0 radical (unpaired) electrons. The summed E-state index contributed by atoms with van der Waals surface area (Å²) in [4.78, 5) is 25.4. The maximum Gasteiger partial charge on any atom is 0.410 e. The molecule has 2 aliphatic heterocycles. The van der Waals surface area contributed by atoms with Crippen molar-refractivity contribution in [3.8, 4) is 0 Å². The minimum absolute atomic E-state index is 0.221. The van der Waals surface area contributed by atoms with Crippen LogP contribution in [-0.2, 0) is 14.3 Å². The summed E-state index contributed by atoms with van der Waals surface area (Å²) in [5.74, 6) is -1.41. The number of carboxylic acids is 1. The molecule has 2 saturated heterocycles. The molecule has 6 nitrogen and oxygen atoms in total. The minimum atomic E-state index is -0.858. The Kier molecular flexibility index (Phi) is 4.46. The van der Waals surface area contributed by atoms with Gasteiger partial charge in [-0.2, -0.15) is 0 Å². The van der Waals surface area contributed by atoms with Crippen LogP contribution >= 0.6 is 0 Å². The van der Waals surface area contributed by atoms with Crippen LogP contribution < -0.4 is 0 Å². The molecule has 2 atom stereocenters. The molecule has 0 bridgehead atoms. The number of carbonyl (C=O) groups excluding carboxylic acids is 1. The predicted molar refractivity (Wildman–Crippen MR) is 76.1 cm³/mol. The highest BCUT2D eigenvalue weighted by Crippen LogP contribution is 2.38. The quantitative estimate of drug-likeness (QED) is 0.803. The third kappa shape index (κ3) is 3.67. The van der Waals surface area contributed by atoms with Gasteiger partial charge in [0.05, 0.1) is 24.7 Å². The standard InChI is InChI=1S/C15H25NO5/c1-14(2,3)21-13(19)16-7-5-4-6-15(16)8-11(12(17)18)9-20-10-15/h11H,4-10H2,1-3H3,(H,17,18). The molecule has 0 aromatic carbocycles. The predicted octanol–water partition coefficient (Wildman–Crippen LogP) is 2.27. The summed E-state index contributed by atoms with van der Waals surface area (Å²) in [6, 6.07) is 0. The van der Waals surface area contributed by atoms with Crippen molar-refractivity contribution in [2.75, 3.05) is 19.8 Å². The van der Waals surface area contributed by atoms with E-state index in [0.717, 1.165) is 19.3 Å². The third-order valence-electron chi connectivity index (χ3n) is 4.13. The summed E-state index contributed by atoms with van der Waals surface area (Å²) < 4.78 is 11.0. The topological polar surface area (TPSA) is 76.1 Å². The molecule has 6 heteroatoms. The zero-order chi connectivity index (χ0) is 15.7. The van der Waals surface area contributed by atoms with Crippen LogP contribution in [0.4, 0.5) is 4.79 Å². The van der Waals surface area contributed by atoms with Crippen LogP contribution in [0.3, 0.4) is 0 Å². The fourth-order valence-corrected chi connectivity index (χ4v) is 3.19. The van der Waals surface area contributed by atoms with Crippen LogP contribution in [0.2, 0.25) is 0 Å². The van der Waals surface area contributed by atoms with Gasteiger partial charge in [-0.15, -0.1) is 0 Å². The Labute approximate surface area is 125 Å². The Bertz CT molecular complexity index is 413. The van der Waals surface area contributed by atoms with Gasteiger partial charge >= 0.3 is 12.1 Å². The Hall–Kier alpha value is -1.30. The molecule has 0 aromatic rings. The van der Waals surface area contributed by atoms with Gasteiger partial charge in [0.1, 0.15) is 5.60 Å². The number of aliphatic carboxylic acids is 1. The summed E-state index contributed by atoms with van der Waals surface area (Å²) in [7, 11) is 0. The van der Waals surface area contributed by atoms with Crippen molar-refractivity contribution >= 4 is 12.1 Å². The Morgan fingerprint density at radius 3 is 2.67 bits per heavy atom. The fourth-order valence-electron chi connectivity index (χ4n) is 3.19. The van der Waals surface area contributed by atoms with E-state index in [1.807, 2.05) is 20.8 Å². The van der Waals surface area contributed by atoms with Gasteiger partial charge in [-0.3, -0.25) is 4.79 Å². The smallest absolute Gasteiger partial charge is 0.410 e. The van der Waals surface area contributed by atoms with Crippen molar-refractivity contribution in [1.82, 2.24) is 4.90 Å². The van der Waals surface area contributed by atoms with Gasteiger partial charge in [0.15, 0.2) is 0 Å². The molecule has 0 aromatic heterocycles. The first-order valence-corrected chi connectivity index (χ1v) is 7.55. The fraction of sp³-hybridized carbons (Fsp3) is 0.867. The van der Waals surface area contributed by atoms with E-state index >= 15 is 0 Å². The molecule has 1 spiro atoms. The van der Waals surface area contributed by atoms with Crippen molar-refractivity contribution in [3.05, 3.63) is 0 Å². The first-order chi connectivity index (χ1) is 9.73. The highest BCUT2D eigenvalue weighted by Gasteiger charge is 2.48. The molecule has 2 fully saturated rings. The van der Waals surface area contributed by atoms with E-state index in [9.17, 15) is 14.7 Å². The van der Waals surface area contributed by atoms with E-state index in [1.165, 1.54) is 0 Å². The van der Waals surface area contributed by atoms with Crippen molar-refractivity contribution < 1.29 is 24.2 Å². The molecule has 2 aliphatic rings. The number of ether oxygens (including phenoxy) is 2. The zero-order valence-electron chi connectivity index (χ0n) is 13.1. The maximum absolute atomic E-state index is 12.5. The van der Waals surface area contributed by atoms with E-state index in [1.54, 1.807) is 4.90 Å². The largest absolute Gasteiger partial charge is 0.481 e. The number of hydrogen-bond acceptors (Lipinski definition) is 4. The van der Waals surface area contributed by atoms with Crippen LogP contribution in [0.25, 0.3) is 0 Å². The van der Waals surface area contributed by atoms with Gasteiger partial charge in [-0.25, -0.2) is 4.79 Å². The van der Waals surface area contributed by atoms with E-state index < -0.39 is 23.0 Å². The maximum atomic E-state index is 12.5. The van der Waals surface area contributed by atoms with Gasteiger partial charge in [-0.1, -0.05) is 0 Å². The van der Waals surface area contributed by atoms with Crippen LogP contribution in [-0.4, -0.2) is 53.0 Å². The molecule has 1 N–H and O–H groups in total. The van der Waals surface area contributed by atoms with Crippen molar-refractivity contribution in [3.63, 3.8) is 0 Å². The van der Waals surface area contributed by atoms with E-state index in [4.69, 9.17) is 9.47 Å². The van der Waals surface area contributed by atoms with E-state index in [2.05, 4.69) is 0 Å². The van der Waals surface area contributed by atoms with E-state index in [0.29, 0.717) is 19.6 Å². The highest BCUT2D eigenvalue weighted by molar-refractivity contribution is 5.72. The molecule has 2 rings (SSSR count). The summed E-state index contributed by atoms with van der Waals surface area (Å²) in [5.41, 5.74) is -1.08. The Morgan fingerprint density at radius 2 is 2.05 bits per heavy atom. The molecule has 120 valence electrons. The lowest BCUT2D eigenvalue weighted by Crippen LogP contribution is -2.61. The number of likely N-dealkylation sites (tertiary alicyclic amines) is 1. The molecule has 1 amide bonds. The normalized spacial score (nSPS) is 30.2. The van der Waals surface area contributed by atoms with Crippen LogP contribution in [0.5, 0.6) is 0 Å². The lowest BCUT2D eigenvalue weighted by Gasteiger charge is -2.50. The molecule has 0 aliphatic carbocycles. The van der Waals surface area contributed by atoms with Crippen molar-refractivity contribution in [2.24, 2.45) is 5.92 Å². The molecular weight excluding hydrogens is 274 g/mol. The second kappa shape index (κ2) is 5.83. The van der Waals surface area contributed by atoms with Gasteiger partial charge in [0.25, 0.3) is 0 Å². The summed E-state index contributed by atoms with van der Waals surface area (Å²) in [6.07, 6.45) is 2.75.